The highest BCUT2D eigenvalue weighted by Crippen LogP contribution is 2.10. The fourth-order valence-electron chi connectivity index (χ4n) is 2.55. The summed E-state index contributed by atoms with van der Waals surface area (Å²) >= 11 is 0. The Hall–Kier alpha value is -1.51. The highest BCUT2D eigenvalue weighted by atomic mass is 127. The predicted octanol–water partition coefficient (Wildman–Crippen LogP) is 3.65. The summed E-state index contributed by atoms with van der Waals surface area (Å²) in [6.07, 6.45) is 5.61. The van der Waals surface area contributed by atoms with Gasteiger partial charge in [-0.25, -0.2) is 0 Å². The maximum atomic E-state index is 12.0. The van der Waals surface area contributed by atoms with E-state index in [2.05, 4.69) is 41.7 Å². The van der Waals surface area contributed by atoms with E-state index >= 15 is 0 Å². The molecule has 1 aromatic rings. The quantitative estimate of drug-likeness (QED) is 0.165. The molecule has 0 aliphatic carbocycles. The van der Waals surface area contributed by atoms with E-state index in [1.54, 1.807) is 18.2 Å². The molecule has 6 nitrogen and oxygen atoms in total. The number of nitrogens with zero attached hydrogens (tertiary/aromatic N) is 1. The van der Waals surface area contributed by atoms with Gasteiger partial charge in [-0.1, -0.05) is 32.3 Å². The second kappa shape index (κ2) is 15.5. The van der Waals surface area contributed by atoms with Crippen LogP contribution in [0, 0.1) is 0 Å². The van der Waals surface area contributed by atoms with E-state index in [0.29, 0.717) is 24.7 Å². The molecule has 0 aliphatic rings. The van der Waals surface area contributed by atoms with Crippen molar-refractivity contribution in [2.45, 2.75) is 58.9 Å². The predicted molar refractivity (Wildman–Crippen MR) is 123 cm³/mol. The van der Waals surface area contributed by atoms with E-state index in [0.717, 1.165) is 25.3 Å². The van der Waals surface area contributed by atoms with Crippen molar-refractivity contribution in [1.29, 1.82) is 0 Å². The van der Waals surface area contributed by atoms with Crippen LogP contribution in [-0.2, 0) is 0 Å². The molecule has 1 amide bonds. The first kappa shape index (κ1) is 25.5. The number of amides is 1. The van der Waals surface area contributed by atoms with Crippen LogP contribution in [0.5, 0.6) is 5.75 Å². The van der Waals surface area contributed by atoms with Crippen LogP contribution in [0.3, 0.4) is 0 Å². The Bertz CT molecular complexity index is 567. The highest BCUT2D eigenvalue weighted by Gasteiger charge is 2.06. The molecular formula is C20H35IN4O2. The largest absolute Gasteiger partial charge is 0.508 e. The van der Waals surface area contributed by atoms with Crippen LogP contribution < -0.4 is 16.0 Å². The van der Waals surface area contributed by atoms with Gasteiger partial charge < -0.3 is 21.1 Å². The van der Waals surface area contributed by atoms with Crippen LogP contribution in [0.2, 0.25) is 0 Å². The lowest BCUT2D eigenvalue weighted by Gasteiger charge is -2.17. The number of hydrogen-bond donors (Lipinski definition) is 4. The molecule has 27 heavy (non-hydrogen) atoms. The smallest absolute Gasteiger partial charge is 0.251 e. The van der Waals surface area contributed by atoms with Crippen molar-refractivity contribution in [2.75, 3.05) is 19.6 Å². The third-order valence-corrected chi connectivity index (χ3v) is 3.97. The summed E-state index contributed by atoms with van der Waals surface area (Å²) in [5.74, 6) is 0.743. The fourth-order valence-corrected chi connectivity index (χ4v) is 2.55. The Morgan fingerprint density at radius 2 is 1.96 bits per heavy atom. The minimum atomic E-state index is -0.181. The topological polar surface area (TPSA) is 85.8 Å². The number of nitrogens with one attached hydrogen (secondary N) is 3. The minimum Gasteiger partial charge on any atom is -0.508 e. The first-order valence-electron chi connectivity index (χ1n) is 9.68. The van der Waals surface area contributed by atoms with Crippen molar-refractivity contribution in [3.05, 3.63) is 29.8 Å². The number of rotatable bonds is 11. The van der Waals surface area contributed by atoms with Gasteiger partial charge >= 0.3 is 0 Å². The Morgan fingerprint density at radius 1 is 1.19 bits per heavy atom. The van der Waals surface area contributed by atoms with Crippen LogP contribution in [0.25, 0.3) is 0 Å². The Labute approximate surface area is 180 Å². The zero-order valence-electron chi connectivity index (χ0n) is 16.8. The molecule has 1 unspecified atom stereocenters. The summed E-state index contributed by atoms with van der Waals surface area (Å²) in [7, 11) is 0. The molecule has 1 aromatic carbocycles. The Morgan fingerprint density at radius 3 is 2.63 bits per heavy atom. The first-order valence-corrected chi connectivity index (χ1v) is 9.68. The van der Waals surface area contributed by atoms with E-state index < -0.39 is 0 Å². The molecule has 0 aromatic heterocycles. The van der Waals surface area contributed by atoms with Gasteiger partial charge in [0.1, 0.15) is 5.75 Å². The Kier molecular flexibility index (Phi) is 14.7. The summed E-state index contributed by atoms with van der Waals surface area (Å²) in [5, 5.41) is 19.0. The summed E-state index contributed by atoms with van der Waals surface area (Å²) in [4.78, 5) is 16.6. The van der Waals surface area contributed by atoms with Crippen molar-refractivity contribution >= 4 is 35.8 Å². The molecule has 0 aliphatic heterocycles. The molecule has 1 atom stereocenters. The van der Waals surface area contributed by atoms with E-state index in [1.807, 2.05) is 0 Å². The number of aliphatic imine (C=N–C) groups is 1. The van der Waals surface area contributed by atoms with E-state index in [1.165, 1.54) is 25.3 Å². The van der Waals surface area contributed by atoms with Crippen molar-refractivity contribution in [3.63, 3.8) is 0 Å². The number of phenolic OH excluding ortho intramolecular Hbond substituents is 1. The number of aromatic hydroxyl groups is 1. The normalized spacial score (nSPS) is 12.0. The molecule has 7 heteroatoms. The lowest BCUT2D eigenvalue weighted by Crippen LogP contribution is -2.42. The fraction of sp³-hybridized carbons (Fsp3) is 0.600. The van der Waals surface area contributed by atoms with E-state index in [-0.39, 0.29) is 35.6 Å². The summed E-state index contributed by atoms with van der Waals surface area (Å²) < 4.78 is 0. The van der Waals surface area contributed by atoms with Gasteiger partial charge in [-0.05, 0) is 44.9 Å². The summed E-state index contributed by atoms with van der Waals surface area (Å²) in [6.45, 7) is 8.44. The number of carbonyl (C=O) groups is 1. The van der Waals surface area contributed by atoms with Crippen molar-refractivity contribution in [1.82, 2.24) is 16.0 Å². The second-order valence-electron chi connectivity index (χ2n) is 6.46. The van der Waals surface area contributed by atoms with Crippen molar-refractivity contribution < 1.29 is 9.90 Å². The monoisotopic (exact) mass is 490 g/mol. The van der Waals surface area contributed by atoms with Crippen LogP contribution in [0.1, 0.15) is 63.2 Å². The van der Waals surface area contributed by atoms with Crippen molar-refractivity contribution in [3.8, 4) is 5.75 Å². The molecule has 0 fully saturated rings. The van der Waals surface area contributed by atoms with E-state index in [4.69, 9.17) is 0 Å². The van der Waals surface area contributed by atoms with Gasteiger partial charge in [0.05, 0.1) is 0 Å². The van der Waals surface area contributed by atoms with Gasteiger partial charge in [0, 0.05) is 31.2 Å². The third kappa shape index (κ3) is 11.7. The number of phenols is 1. The molecule has 0 saturated heterocycles. The molecule has 0 spiro atoms. The highest BCUT2D eigenvalue weighted by molar-refractivity contribution is 14.0. The Balaban J connectivity index is 0.00000676. The van der Waals surface area contributed by atoms with E-state index in [9.17, 15) is 9.90 Å². The zero-order chi connectivity index (χ0) is 19.2. The van der Waals surface area contributed by atoms with Gasteiger partial charge in [0.2, 0.25) is 0 Å². The van der Waals surface area contributed by atoms with Crippen molar-refractivity contribution in [2.24, 2.45) is 4.99 Å². The number of unbranched alkanes of at least 4 members (excludes halogenated alkanes) is 2. The molecule has 0 heterocycles. The summed E-state index contributed by atoms with van der Waals surface area (Å²) in [6, 6.07) is 6.74. The average molecular weight is 490 g/mol. The maximum absolute atomic E-state index is 12.0. The van der Waals surface area contributed by atoms with Crippen LogP contribution in [-0.4, -0.2) is 42.6 Å². The minimum absolute atomic E-state index is 0. The second-order valence-corrected chi connectivity index (χ2v) is 6.46. The van der Waals surface area contributed by atoms with Gasteiger partial charge in [-0.2, -0.15) is 0 Å². The maximum Gasteiger partial charge on any atom is 0.251 e. The number of benzene rings is 1. The molecule has 1 rings (SSSR count). The van der Waals surface area contributed by atoms with Crippen LogP contribution >= 0.6 is 24.0 Å². The standard InChI is InChI=1S/C20H34N4O2.HI/c1-4-6-7-10-16(3)24-20(21-5-2)23-14-9-13-22-19(26)17-11-8-12-18(25)15-17;/h8,11-12,15-16,25H,4-7,9-10,13-14H2,1-3H3,(H,22,26)(H2,21,23,24);1H. The molecule has 4 N–H and O–H groups in total. The van der Waals surface area contributed by atoms with Gasteiger partial charge in [-0.3, -0.25) is 9.79 Å². The van der Waals surface area contributed by atoms with Crippen LogP contribution in [0.4, 0.5) is 0 Å². The van der Waals surface area contributed by atoms with Gasteiger partial charge in [-0.15, -0.1) is 24.0 Å². The number of carbonyl (C=O) groups excluding carboxylic acids is 1. The number of guanidine groups is 1. The molecule has 0 saturated carbocycles. The zero-order valence-corrected chi connectivity index (χ0v) is 19.1. The lowest BCUT2D eigenvalue weighted by molar-refractivity contribution is 0.0953. The van der Waals surface area contributed by atoms with Gasteiger partial charge in [0.25, 0.3) is 5.91 Å². The molecule has 154 valence electrons. The van der Waals surface area contributed by atoms with Gasteiger partial charge in [0.15, 0.2) is 5.96 Å². The first-order chi connectivity index (χ1) is 12.6. The third-order valence-electron chi connectivity index (χ3n) is 3.97. The summed E-state index contributed by atoms with van der Waals surface area (Å²) in [5.41, 5.74) is 0.462. The molecule has 0 bridgehead atoms. The SMILES string of the molecule is CCCCCC(C)NC(=NCCCNC(=O)c1cccc(O)c1)NCC.I. The molecule has 0 radical (unpaired) electrons. The van der Waals surface area contributed by atoms with Crippen LogP contribution in [0.15, 0.2) is 29.3 Å². The molecular weight excluding hydrogens is 455 g/mol. The lowest BCUT2D eigenvalue weighted by atomic mass is 10.1. The number of hydrogen-bond acceptors (Lipinski definition) is 3. The average Bonchev–Trinajstić information content (AvgIpc) is 2.61. The number of halogens is 1.